The van der Waals surface area contributed by atoms with Gasteiger partial charge in [0, 0.05) is 22.2 Å². The lowest BCUT2D eigenvalue weighted by Gasteiger charge is -2.23. The average Bonchev–Trinajstić information content (AvgIpc) is 3.79. The number of halogens is 1. The van der Waals surface area contributed by atoms with Crippen molar-refractivity contribution >= 4 is 41.0 Å². The highest BCUT2D eigenvalue weighted by molar-refractivity contribution is 8.00. The summed E-state index contributed by atoms with van der Waals surface area (Å²) < 4.78 is 18.3. The van der Waals surface area contributed by atoms with E-state index in [1.54, 1.807) is 30.9 Å². The van der Waals surface area contributed by atoms with Crippen LogP contribution in [0, 0.1) is 0 Å². The zero-order chi connectivity index (χ0) is 30.1. The van der Waals surface area contributed by atoms with E-state index < -0.39 is 0 Å². The van der Waals surface area contributed by atoms with E-state index in [1.807, 2.05) is 66.7 Å². The van der Waals surface area contributed by atoms with E-state index in [0.29, 0.717) is 33.8 Å². The Hall–Kier alpha value is -4.15. The van der Waals surface area contributed by atoms with Crippen LogP contribution in [0.4, 0.5) is 5.82 Å². The molecule has 43 heavy (non-hydrogen) atoms. The third-order valence-electron chi connectivity index (χ3n) is 7.48. The van der Waals surface area contributed by atoms with Crippen molar-refractivity contribution in [2.24, 2.45) is 0 Å². The van der Waals surface area contributed by atoms with Gasteiger partial charge in [-0.05, 0) is 66.9 Å². The molecule has 1 aliphatic heterocycles. The van der Waals surface area contributed by atoms with Crippen molar-refractivity contribution in [1.82, 2.24) is 15.1 Å². The Bertz CT molecular complexity index is 1650. The Balaban J connectivity index is 1.60. The number of rotatable bonds is 9. The van der Waals surface area contributed by atoms with E-state index in [-0.39, 0.29) is 35.4 Å². The van der Waals surface area contributed by atoms with Crippen molar-refractivity contribution in [2.45, 2.75) is 24.1 Å². The fourth-order valence-corrected chi connectivity index (χ4v) is 6.48. The molecule has 0 spiro atoms. The van der Waals surface area contributed by atoms with Crippen molar-refractivity contribution in [3.05, 3.63) is 82.9 Å². The number of amides is 2. The summed E-state index contributed by atoms with van der Waals surface area (Å²) in [6.45, 7) is -0.122. The minimum atomic E-state index is -0.326. The number of nitrogens with one attached hydrogen (secondary N) is 1. The van der Waals surface area contributed by atoms with Gasteiger partial charge in [-0.25, -0.2) is 4.68 Å². The van der Waals surface area contributed by atoms with Crippen molar-refractivity contribution in [1.29, 1.82) is 0 Å². The Labute approximate surface area is 259 Å². The number of hydrogen-bond acceptors (Lipinski definition) is 7. The number of methoxy groups -OCH3 is 3. The molecule has 9 nitrogen and oxygen atoms in total. The standard InChI is InChI=1S/C32H31ClN4O5S/c1-40-24-13-11-23(12-14-24)37-32-29(30(35-37)19-4-7-21(33)8-5-19)31(20-6-15-25(41-2)26(16-20)42-3)43-18-28(39)36(32)17-27(38)34-22-9-10-22/h4-8,11-16,22,31H,9-10,17-18H2,1-3H3,(H,34,38)/t31-/m1/s1. The predicted octanol–water partition coefficient (Wildman–Crippen LogP) is 5.67. The first-order valence-corrected chi connectivity index (χ1v) is 15.3. The van der Waals surface area contributed by atoms with E-state index in [0.717, 1.165) is 35.2 Å². The molecule has 11 heteroatoms. The zero-order valence-electron chi connectivity index (χ0n) is 24.0. The van der Waals surface area contributed by atoms with E-state index in [9.17, 15) is 9.59 Å². The summed E-state index contributed by atoms with van der Waals surface area (Å²) in [5, 5.41) is 8.42. The molecule has 2 heterocycles. The molecular weight excluding hydrogens is 588 g/mol. The first kappa shape index (κ1) is 28.9. The molecule has 2 amide bonds. The van der Waals surface area contributed by atoms with Gasteiger partial charge in [0.15, 0.2) is 11.5 Å². The summed E-state index contributed by atoms with van der Waals surface area (Å²) in [4.78, 5) is 28.6. The van der Waals surface area contributed by atoms with Gasteiger partial charge in [-0.2, -0.15) is 5.10 Å². The molecule has 0 unspecified atom stereocenters. The van der Waals surface area contributed by atoms with Gasteiger partial charge in [0.05, 0.1) is 43.7 Å². The molecule has 0 bridgehead atoms. The first-order valence-electron chi connectivity index (χ1n) is 13.9. The summed E-state index contributed by atoms with van der Waals surface area (Å²) in [7, 11) is 4.80. The number of ether oxygens (including phenoxy) is 3. The lowest BCUT2D eigenvalue weighted by molar-refractivity contribution is -0.123. The van der Waals surface area contributed by atoms with Crippen LogP contribution in [0.25, 0.3) is 16.9 Å². The quantitative estimate of drug-likeness (QED) is 0.258. The zero-order valence-corrected chi connectivity index (χ0v) is 25.6. The number of fused-ring (bicyclic) bond motifs is 1. The highest BCUT2D eigenvalue weighted by Crippen LogP contribution is 2.49. The van der Waals surface area contributed by atoms with Crippen LogP contribution < -0.4 is 24.4 Å². The second kappa shape index (κ2) is 12.2. The molecule has 1 N–H and O–H groups in total. The maximum Gasteiger partial charge on any atom is 0.240 e. The number of carbonyl (C=O) groups is 2. The van der Waals surface area contributed by atoms with Crippen molar-refractivity contribution in [2.75, 3.05) is 38.5 Å². The van der Waals surface area contributed by atoms with Gasteiger partial charge in [-0.15, -0.1) is 11.8 Å². The largest absolute Gasteiger partial charge is 0.497 e. The van der Waals surface area contributed by atoms with Crippen molar-refractivity contribution in [3.8, 4) is 34.2 Å². The number of anilines is 1. The summed E-state index contributed by atoms with van der Waals surface area (Å²) in [6, 6.07) is 20.8. The molecule has 1 fully saturated rings. The number of aromatic nitrogens is 2. The molecule has 6 rings (SSSR count). The van der Waals surface area contributed by atoms with Crippen LogP contribution in [0.15, 0.2) is 66.7 Å². The number of carbonyl (C=O) groups excluding carboxylic acids is 2. The summed E-state index contributed by atoms with van der Waals surface area (Å²) in [5.74, 6) is 2.18. The number of thioether (sulfide) groups is 1. The molecule has 2 aliphatic rings. The van der Waals surface area contributed by atoms with Crippen molar-refractivity contribution in [3.63, 3.8) is 0 Å². The molecule has 1 aromatic heterocycles. The van der Waals surface area contributed by atoms with E-state index in [4.69, 9.17) is 30.9 Å². The summed E-state index contributed by atoms with van der Waals surface area (Å²) in [6.07, 6.45) is 1.90. The Morgan fingerprint density at radius 1 is 0.977 bits per heavy atom. The third-order valence-corrected chi connectivity index (χ3v) is 8.99. The van der Waals surface area contributed by atoms with Gasteiger partial charge in [0.1, 0.15) is 18.1 Å². The molecular formula is C32H31ClN4O5S. The number of benzene rings is 3. The molecule has 1 aliphatic carbocycles. The van der Waals surface area contributed by atoms with Crippen LogP contribution >= 0.6 is 23.4 Å². The maximum atomic E-state index is 13.9. The van der Waals surface area contributed by atoms with Crippen LogP contribution in [0.5, 0.6) is 17.2 Å². The molecule has 0 saturated heterocycles. The first-order chi connectivity index (χ1) is 20.9. The third kappa shape index (κ3) is 5.89. The normalized spacial score (nSPS) is 16.3. The highest BCUT2D eigenvalue weighted by Gasteiger charge is 2.38. The monoisotopic (exact) mass is 618 g/mol. The van der Waals surface area contributed by atoms with Gasteiger partial charge in [-0.1, -0.05) is 29.8 Å². The Kier molecular flexibility index (Phi) is 8.23. The Morgan fingerprint density at radius 3 is 2.35 bits per heavy atom. The van der Waals surface area contributed by atoms with Crippen molar-refractivity contribution < 1.29 is 23.8 Å². The summed E-state index contributed by atoms with van der Waals surface area (Å²) >= 11 is 7.75. The Morgan fingerprint density at radius 2 is 1.70 bits per heavy atom. The van der Waals surface area contributed by atoms with Gasteiger partial charge < -0.3 is 19.5 Å². The van der Waals surface area contributed by atoms with Gasteiger partial charge >= 0.3 is 0 Å². The van der Waals surface area contributed by atoms with E-state index in [2.05, 4.69) is 5.32 Å². The highest BCUT2D eigenvalue weighted by atomic mass is 35.5. The molecule has 4 aromatic rings. The van der Waals surface area contributed by atoms with Crippen LogP contribution in [0.1, 0.15) is 29.2 Å². The molecule has 3 aromatic carbocycles. The molecule has 222 valence electrons. The minimum absolute atomic E-state index is 0.122. The number of nitrogens with zero attached hydrogens (tertiary/aromatic N) is 3. The second-order valence-corrected chi connectivity index (χ2v) is 11.9. The fraction of sp³-hybridized carbons (Fsp3) is 0.281. The number of hydrogen-bond donors (Lipinski definition) is 1. The molecule has 0 radical (unpaired) electrons. The molecule has 1 saturated carbocycles. The smallest absolute Gasteiger partial charge is 0.240 e. The fourth-order valence-electron chi connectivity index (χ4n) is 5.17. The van der Waals surface area contributed by atoms with Gasteiger partial charge in [-0.3, -0.25) is 14.5 Å². The predicted molar refractivity (Wildman–Crippen MR) is 168 cm³/mol. The molecule has 1 atom stereocenters. The van der Waals surface area contributed by atoms with E-state index in [1.165, 1.54) is 11.8 Å². The second-order valence-electron chi connectivity index (χ2n) is 10.3. The minimum Gasteiger partial charge on any atom is -0.497 e. The maximum absolute atomic E-state index is 13.9. The van der Waals surface area contributed by atoms with Crippen LogP contribution in [-0.2, 0) is 9.59 Å². The lowest BCUT2D eigenvalue weighted by Crippen LogP contribution is -2.43. The van der Waals surface area contributed by atoms with Gasteiger partial charge in [0.25, 0.3) is 0 Å². The van der Waals surface area contributed by atoms with E-state index >= 15 is 0 Å². The van der Waals surface area contributed by atoms with Crippen LogP contribution in [0.3, 0.4) is 0 Å². The summed E-state index contributed by atoms with van der Waals surface area (Å²) in [5.41, 5.74) is 3.94. The average molecular weight is 619 g/mol. The topological polar surface area (TPSA) is 94.9 Å². The van der Waals surface area contributed by atoms with Crippen LogP contribution in [-0.4, -0.2) is 61.3 Å². The van der Waals surface area contributed by atoms with Gasteiger partial charge in [0.2, 0.25) is 11.8 Å². The SMILES string of the molecule is COc1ccc(-n2nc(-c3ccc(Cl)cc3)c3c2N(CC(=O)NC2CC2)C(=O)CS[C@@H]3c2ccc(OC)c(OC)c2)cc1. The van der Waals surface area contributed by atoms with Crippen LogP contribution in [0.2, 0.25) is 5.02 Å². The lowest BCUT2D eigenvalue weighted by atomic mass is 9.99.